The van der Waals surface area contributed by atoms with Crippen molar-refractivity contribution < 1.29 is 27.7 Å². The minimum absolute atomic E-state index is 1.42. The average Bonchev–Trinajstić information content (AvgIpc) is 1.56. The van der Waals surface area contributed by atoms with Crippen LogP contribution in [-0.4, -0.2) is 52.8 Å². The van der Waals surface area contributed by atoms with Gasteiger partial charge in [0, 0.05) is 10.4 Å². The Bertz CT molecular complexity index is 144. The Morgan fingerprint density at radius 3 is 1.08 bits per heavy atom. The molecule has 78 valence electrons. The minimum Gasteiger partial charge on any atom is -0.759 e. The second kappa shape index (κ2) is 10.8. The van der Waals surface area contributed by atoms with Gasteiger partial charge in [-0.3, -0.25) is 8.42 Å². The summed E-state index contributed by atoms with van der Waals surface area (Å²) in [5.74, 6) is 0. The third-order valence-corrected chi connectivity index (χ3v) is 0. The highest BCUT2D eigenvalue weighted by Gasteiger charge is 1.61. The van der Waals surface area contributed by atoms with E-state index in [-0.39, 0.29) is 0 Å². The lowest BCUT2D eigenvalue weighted by atomic mass is 11.0. The predicted molar refractivity (Wildman–Crippen MR) is 43.0 cm³/mol. The molecular weight excluding hydrogens is 184 g/mol. The van der Waals surface area contributed by atoms with Crippen LogP contribution >= 0.6 is 0 Å². The lowest BCUT2D eigenvalue weighted by molar-refractivity contribution is -0.836. The quantitative estimate of drug-likeness (QED) is 0.311. The fourth-order valence-corrected chi connectivity index (χ4v) is 0. The largest absolute Gasteiger partial charge is 0.759 e. The van der Waals surface area contributed by atoms with Crippen LogP contribution in [-0.2, 0) is 10.4 Å². The highest BCUT2D eigenvalue weighted by molar-refractivity contribution is 7.79. The summed E-state index contributed by atoms with van der Waals surface area (Å²) in [5, 5.41) is 2.00. The lowest BCUT2D eigenvalue weighted by Crippen LogP contribution is -3.02. The molecule has 0 aromatic rings. The SMILES string of the molecule is C[NH+](C)C.C[NH2+]C.O=S(=O)([O-])[O-]. The van der Waals surface area contributed by atoms with Gasteiger partial charge >= 0.3 is 0 Å². The Morgan fingerprint density at radius 1 is 1.08 bits per heavy atom. The average molecular weight is 202 g/mol. The topological polar surface area (TPSA) is 101 Å². The van der Waals surface area contributed by atoms with Gasteiger partial charge in [-0.1, -0.05) is 0 Å². The lowest BCUT2D eigenvalue weighted by Gasteiger charge is -2.06. The molecule has 0 fully saturated rings. The molecule has 0 radical (unpaired) electrons. The van der Waals surface area contributed by atoms with Crippen LogP contribution in [0.15, 0.2) is 0 Å². The third kappa shape index (κ3) is 17200. The summed E-state index contributed by atoms with van der Waals surface area (Å²) in [6.07, 6.45) is 0. The molecule has 12 heavy (non-hydrogen) atoms. The number of rotatable bonds is 0. The molecule has 0 atom stereocenters. The van der Waals surface area contributed by atoms with Crippen LogP contribution in [0.5, 0.6) is 0 Å². The number of nitrogens with two attached hydrogens (primary N) is 1. The van der Waals surface area contributed by atoms with Crippen molar-refractivity contribution in [3.05, 3.63) is 0 Å². The molecule has 7 heteroatoms. The maximum atomic E-state index is 8.52. The highest BCUT2D eigenvalue weighted by atomic mass is 32.3. The van der Waals surface area contributed by atoms with Gasteiger partial charge < -0.3 is 19.3 Å². The summed E-state index contributed by atoms with van der Waals surface area (Å²) in [4.78, 5) is 1.42. The normalized spacial score (nSPS) is 9.33. The first-order chi connectivity index (χ1) is 5.15. The van der Waals surface area contributed by atoms with E-state index in [0.717, 1.165) is 0 Å². The molecule has 0 unspecified atom stereocenters. The first kappa shape index (κ1) is 17.8. The predicted octanol–water partition coefficient (Wildman–Crippen LogP) is -3.77. The molecule has 0 spiro atoms. The van der Waals surface area contributed by atoms with Gasteiger partial charge in [0.25, 0.3) is 0 Å². The zero-order valence-electron chi connectivity index (χ0n) is 8.12. The van der Waals surface area contributed by atoms with Gasteiger partial charge in [0.05, 0.1) is 35.2 Å². The first-order valence-corrected chi connectivity index (χ1v) is 4.65. The van der Waals surface area contributed by atoms with Crippen molar-refractivity contribution in [1.29, 1.82) is 0 Å². The van der Waals surface area contributed by atoms with E-state index in [0.29, 0.717) is 0 Å². The molecule has 0 saturated carbocycles. The summed E-state index contributed by atoms with van der Waals surface area (Å²) >= 11 is 0. The molecule has 3 N–H and O–H groups in total. The molecule has 0 bridgehead atoms. The fraction of sp³-hybridized carbons (Fsp3) is 1.00. The van der Waals surface area contributed by atoms with Gasteiger partial charge in [0.1, 0.15) is 0 Å². The van der Waals surface area contributed by atoms with E-state index >= 15 is 0 Å². The van der Waals surface area contributed by atoms with Crippen molar-refractivity contribution in [3.8, 4) is 0 Å². The number of hydrogen-bond donors (Lipinski definition) is 2. The second-order valence-electron chi connectivity index (χ2n) is 2.49. The Morgan fingerprint density at radius 2 is 1.08 bits per heavy atom. The summed E-state index contributed by atoms with van der Waals surface area (Å²) in [6, 6.07) is 0. The van der Waals surface area contributed by atoms with Gasteiger partial charge in [-0.25, -0.2) is 0 Å². The molecule has 0 aromatic carbocycles. The Balaban J connectivity index is -0.000000105. The minimum atomic E-state index is -5.17. The maximum absolute atomic E-state index is 8.52. The molecule has 0 rings (SSSR count). The second-order valence-corrected chi connectivity index (χ2v) is 3.30. The summed E-state index contributed by atoms with van der Waals surface area (Å²) in [7, 11) is 5.08. The summed E-state index contributed by atoms with van der Waals surface area (Å²) in [6.45, 7) is 0. The van der Waals surface area contributed by atoms with Crippen LogP contribution in [0.3, 0.4) is 0 Å². The summed E-state index contributed by atoms with van der Waals surface area (Å²) < 4.78 is 34.1. The van der Waals surface area contributed by atoms with Crippen molar-refractivity contribution in [2.75, 3.05) is 35.2 Å². The van der Waals surface area contributed by atoms with Crippen LogP contribution in [0.2, 0.25) is 0 Å². The van der Waals surface area contributed by atoms with Gasteiger partial charge in [0.15, 0.2) is 0 Å². The van der Waals surface area contributed by atoms with E-state index in [1.807, 2.05) is 19.4 Å². The fourth-order valence-electron chi connectivity index (χ4n) is 0. The maximum Gasteiger partial charge on any atom is 0.0661 e. The highest BCUT2D eigenvalue weighted by Crippen LogP contribution is 1.57. The van der Waals surface area contributed by atoms with E-state index in [1.54, 1.807) is 0 Å². The van der Waals surface area contributed by atoms with Gasteiger partial charge in [0.2, 0.25) is 0 Å². The van der Waals surface area contributed by atoms with Gasteiger partial charge in [-0.2, -0.15) is 0 Å². The smallest absolute Gasteiger partial charge is 0.0661 e. The molecule has 0 aliphatic heterocycles. The zero-order valence-corrected chi connectivity index (χ0v) is 8.94. The Hall–Kier alpha value is -0.210. The molecule has 6 nitrogen and oxygen atoms in total. The molecule has 0 saturated heterocycles. The van der Waals surface area contributed by atoms with Crippen molar-refractivity contribution in [2.45, 2.75) is 0 Å². The van der Waals surface area contributed by atoms with Gasteiger partial charge in [-0.05, 0) is 0 Å². The molecule has 0 aliphatic rings. The van der Waals surface area contributed by atoms with Crippen LogP contribution in [0, 0.1) is 0 Å². The van der Waals surface area contributed by atoms with Crippen LogP contribution in [0.1, 0.15) is 0 Å². The van der Waals surface area contributed by atoms with E-state index in [9.17, 15) is 0 Å². The monoisotopic (exact) mass is 202 g/mol. The third-order valence-electron chi connectivity index (χ3n) is 0. The standard InChI is InChI=1S/C3H9N.C2H7N.H2O4S/c1-4(2)3;1-3-2;1-5(2,3)4/h1-3H3;3H,1-2H3;(H2,1,2,3,4). The molecule has 0 aromatic heterocycles. The van der Waals surface area contributed by atoms with E-state index in [4.69, 9.17) is 17.5 Å². The van der Waals surface area contributed by atoms with Crippen LogP contribution in [0.25, 0.3) is 0 Å². The molecule has 0 amide bonds. The first-order valence-electron chi connectivity index (χ1n) is 3.32. The van der Waals surface area contributed by atoms with E-state index < -0.39 is 10.4 Å². The van der Waals surface area contributed by atoms with Crippen LogP contribution in [0.4, 0.5) is 0 Å². The van der Waals surface area contributed by atoms with Crippen LogP contribution < -0.4 is 10.2 Å². The number of hydrogen-bond acceptors (Lipinski definition) is 4. The zero-order chi connectivity index (χ0) is 10.8. The van der Waals surface area contributed by atoms with Crippen molar-refractivity contribution in [1.82, 2.24) is 0 Å². The Kier molecular flexibility index (Phi) is 16.0. The van der Waals surface area contributed by atoms with Crippen molar-refractivity contribution >= 4 is 10.4 Å². The number of nitrogens with one attached hydrogen (secondary N) is 1. The van der Waals surface area contributed by atoms with Gasteiger partial charge in [-0.15, -0.1) is 0 Å². The Labute approximate surface area is 74.2 Å². The van der Waals surface area contributed by atoms with E-state index in [2.05, 4.69) is 21.1 Å². The van der Waals surface area contributed by atoms with Crippen molar-refractivity contribution in [3.63, 3.8) is 0 Å². The van der Waals surface area contributed by atoms with Crippen molar-refractivity contribution in [2.24, 2.45) is 0 Å². The molecule has 0 aliphatic carbocycles. The summed E-state index contributed by atoms with van der Waals surface area (Å²) in [5.41, 5.74) is 0. The number of quaternary nitrogens is 2. The molecular formula is C5H18N2O4S. The molecule has 0 heterocycles. The van der Waals surface area contributed by atoms with E-state index in [1.165, 1.54) is 4.90 Å².